The van der Waals surface area contributed by atoms with Crippen molar-refractivity contribution in [1.29, 1.82) is 0 Å². The third-order valence-corrected chi connectivity index (χ3v) is 15.7. The highest BCUT2D eigenvalue weighted by molar-refractivity contribution is 7.79. The molecule has 15 heteroatoms. The van der Waals surface area contributed by atoms with Crippen molar-refractivity contribution in [3.63, 3.8) is 0 Å². The fourth-order valence-electron chi connectivity index (χ4n) is 4.57. The first-order valence-electron chi connectivity index (χ1n) is 15.5. The van der Waals surface area contributed by atoms with Crippen LogP contribution in [0.25, 0.3) is 0 Å². The van der Waals surface area contributed by atoms with Gasteiger partial charge in [0, 0.05) is 6.20 Å². The van der Waals surface area contributed by atoms with Crippen LogP contribution < -0.4 is 22.6 Å². The Morgan fingerprint density at radius 2 is 0.863 bits per heavy atom. The minimum absolute atomic E-state index is 0.0762. The van der Waals surface area contributed by atoms with Crippen LogP contribution in [-0.2, 0) is 11.1 Å². The largest absolute Gasteiger partial charge is 0.460 e. The van der Waals surface area contributed by atoms with Crippen molar-refractivity contribution >= 4 is 46.2 Å². The zero-order valence-corrected chi connectivity index (χ0v) is 30.8. The molecule has 10 nitrogen and oxygen atoms in total. The highest BCUT2D eigenvalue weighted by atomic mass is 35.5. The molecule has 0 radical (unpaired) electrons. The summed E-state index contributed by atoms with van der Waals surface area (Å²) in [6, 6.07) is 46.7. The van der Waals surface area contributed by atoms with Crippen LogP contribution in [0.4, 0.5) is 0 Å². The lowest BCUT2D eigenvalue weighted by Crippen LogP contribution is -2.10. The number of aromatic nitrogens is 1. The summed E-state index contributed by atoms with van der Waals surface area (Å²) in [5, 5.41) is 0.379. The van der Waals surface area contributed by atoms with E-state index in [4.69, 9.17) is 63.9 Å². The Bertz CT molecular complexity index is 2080. The van der Waals surface area contributed by atoms with Crippen molar-refractivity contribution in [3.8, 4) is 28.7 Å². The highest BCUT2D eigenvalue weighted by Gasteiger charge is 2.48. The zero-order chi connectivity index (χ0) is 35.0. The zero-order valence-electron chi connectivity index (χ0n) is 26.6. The van der Waals surface area contributed by atoms with E-state index in [1.54, 1.807) is 79.0 Å². The first kappa shape index (κ1) is 34.9. The van der Waals surface area contributed by atoms with Crippen molar-refractivity contribution in [3.05, 3.63) is 180 Å². The number of pyridine rings is 1. The Balaban J connectivity index is 1.54. The summed E-state index contributed by atoms with van der Waals surface area (Å²) in [7, 11) is -12.0. The molecule has 1 unspecified atom stereocenters. The second-order valence-corrected chi connectivity index (χ2v) is 17.6. The topological polar surface area (TPSA) is 105 Å². The molecule has 0 amide bonds. The summed E-state index contributed by atoms with van der Waals surface area (Å²) in [5.74, 6) is 1.81. The van der Waals surface area contributed by atoms with Crippen molar-refractivity contribution in [2.24, 2.45) is 13.5 Å². The van der Waals surface area contributed by atoms with Gasteiger partial charge >= 0.3 is 23.0 Å². The molecular formula is C36H29Cl2N4O6P3. The van der Waals surface area contributed by atoms with Crippen LogP contribution >= 0.6 is 46.2 Å². The summed E-state index contributed by atoms with van der Waals surface area (Å²) in [5.41, 5.74) is 0.583. The van der Waals surface area contributed by atoms with Crippen molar-refractivity contribution in [1.82, 2.24) is 4.98 Å². The lowest BCUT2D eigenvalue weighted by Gasteiger charge is -2.33. The van der Waals surface area contributed by atoms with Crippen LogP contribution in [0, 0.1) is 0 Å². The van der Waals surface area contributed by atoms with Crippen LogP contribution in [0.5, 0.6) is 28.7 Å². The monoisotopic (exact) mass is 776 g/mol. The van der Waals surface area contributed by atoms with Crippen LogP contribution in [0.3, 0.4) is 0 Å². The smallest absolute Gasteiger partial charge is 0.420 e. The fraction of sp³-hybridized carbons (Fsp3) is 0.0278. The maximum Gasteiger partial charge on any atom is 0.460 e. The van der Waals surface area contributed by atoms with Gasteiger partial charge in [-0.15, -0.1) is 9.03 Å². The van der Waals surface area contributed by atoms with Gasteiger partial charge < -0.3 is 22.6 Å². The molecule has 0 saturated carbocycles. The van der Waals surface area contributed by atoms with E-state index in [0.717, 1.165) is 0 Å². The van der Waals surface area contributed by atoms with Gasteiger partial charge in [0.1, 0.15) is 33.8 Å². The standard InChI is InChI=1S/C36H29Cl2N4O6P3/c37-34-25-15-26-35(36(34)38)48-49(43-28-29-16-13-14-27-39-29)40-50(44-30-17-5-1-6-18-30,45-31-19-7-2-8-20-31)42-51(41-49,46-32-21-9-3-10-22-32)47-33-23-11-4-12-24-33/h1-27H,28H2. The van der Waals surface area contributed by atoms with Crippen molar-refractivity contribution in [2.75, 3.05) is 0 Å². The average molecular weight is 777 g/mol. The van der Waals surface area contributed by atoms with Crippen LogP contribution in [-0.4, -0.2) is 4.98 Å². The molecule has 2 heterocycles. The van der Waals surface area contributed by atoms with Gasteiger partial charge in [0.05, 0.1) is 17.3 Å². The third kappa shape index (κ3) is 8.87. The molecule has 0 aliphatic carbocycles. The Labute approximate surface area is 305 Å². The molecule has 6 aromatic rings. The predicted molar refractivity (Wildman–Crippen MR) is 202 cm³/mol. The Kier molecular flexibility index (Phi) is 10.8. The van der Waals surface area contributed by atoms with Gasteiger partial charge in [-0.2, -0.15) is 0 Å². The first-order valence-corrected chi connectivity index (χ1v) is 20.8. The summed E-state index contributed by atoms with van der Waals surface area (Å²) >= 11 is 13.2. The minimum Gasteiger partial charge on any atom is -0.420 e. The van der Waals surface area contributed by atoms with E-state index in [0.29, 0.717) is 28.7 Å². The van der Waals surface area contributed by atoms with E-state index in [9.17, 15) is 0 Å². The Morgan fingerprint density at radius 1 is 0.431 bits per heavy atom. The highest BCUT2D eigenvalue weighted by Crippen LogP contribution is 2.79. The average Bonchev–Trinajstić information content (AvgIpc) is 3.14. The van der Waals surface area contributed by atoms with E-state index < -0.39 is 23.0 Å². The van der Waals surface area contributed by atoms with Gasteiger partial charge in [0.25, 0.3) is 0 Å². The van der Waals surface area contributed by atoms with Gasteiger partial charge in [-0.05, 0) is 72.8 Å². The number of benzene rings is 5. The molecule has 1 aliphatic heterocycles. The number of para-hydroxylation sites is 4. The number of halogens is 2. The lowest BCUT2D eigenvalue weighted by atomic mass is 10.3. The number of hydrogen-bond acceptors (Lipinski definition) is 10. The van der Waals surface area contributed by atoms with Gasteiger partial charge in [-0.1, -0.05) is 113 Å². The van der Waals surface area contributed by atoms with Crippen molar-refractivity contribution < 1.29 is 27.1 Å². The van der Waals surface area contributed by atoms with E-state index >= 15 is 0 Å². The van der Waals surface area contributed by atoms with Crippen molar-refractivity contribution in [2.45, 2.75) is 6.61 Å². The third-order valence-electron chi connectivity index (χ3n) is 6.79. The summed E-state index contributed by atoms with van der Waals surface area (Å²) in [4.78, 5) is 4.45. The molecule has 0 bridgehead atoms. The van der Waals surface area contributed by atoms with Gasteiger partial charge in [0.2, 0.25) is 0 Å². The lowest BCUT2D eigenvalue weighted by molar-refractivity contribution is 0.289. The maximum absolute atomic E-state index is 6.73. The molecule has 0 spiro atoms. The molecule has 1 aliphatic rings. The molecule has 1 aromatic heterocycles. The Hall–Kier alpha value is -4.52. The van der Waals surface area contributed by atoms with E-state index in [1.165, 1.54) is 0 Å². The number of rotatable bonds is 13. The summed E-state index contributed by atoms with van der Waals surface area (Å²) in [6.07, 6.45) is 1.66. The fourth-order valence-corrected chi connectivity index (χ4v) is 14.1. The SMILES string of the molecule is Clc1cccc(OP2(OCc3ccccn3)=NP(Oc3ccccc3)(Oc3ccccc3)=NP(Oc3ccccc3)(Oc3ccccc3)=N2)c1Cl. The number of nitrogens with zero attached hydrogens (tertiary/aromatic N) is 4. The van der Waals surface area contributed by atoms with Crippen LogP contribution in [0.1, 0.15) is 5.69 Å². The normalized spacial score (nSPS) is 17.1. The van der Waals surface area contributed by atoms with Gasteiger partial charge in [-0.3, -0.25) is 9.51 Å². The molecular weight excluding hydrogens is 748 g/mol. The molecule has 0 N–H and O–H groups in total. The first-order chi connectivity index (χ1) is 24.9. The second-order valence-electron chi connectivity index (χ2n) is 10.6. The predicted octanol–water partition coefficient (Wildman–Crippen LogP) is 13.2. The second kappa shape index (κ2) is 15.8. The molecule has 7 rings (SSSR count). The molecule has 51 heavy (non-hydrogen) atoms. The van der Waals surface area contributed by atoms with Gasteiger partial charge in [-0.25, -0.2) is 0 Å². The molecule has 0 fully saturated rings. The number of hydrogen-bond donors (Lipinski definition) is 0. The van der Waals surface area contributed by atoms with E-state index in [-0.39, 0.29) is 22.4 Å². The molecule has 0 saturated heterocycles. The molecule has 1 atom stereocenters. The van der Waals surface area contributed by atoms with Crippen LogP contribution in [0.2, 0.25) is 10.0 Å². The molecule has 5 aromatic carbocycles. The summed E-state index contributed by atoms with van der Waals surface area (Å²) < 4.78 is 55.8. The maximum atomic E-state index is 6.73. The minimum atomic E-state index is -4.04. The Morgan fingerprint density at radius 3 is 1.31 bits per heavy atom. The van der Waals surface area contributed by atoms with E-state index in [1.807, 2.05) is 84.9 Å². The quantitative estimate of drug-likeness (QED) is 0.108. The van der Waals surface area contributed by atoms with E-state index in [2.05, 4.69) is 4.98 Å². The molecule has 258 valence electrons. The van der Waals surface area contributed by atoms with Crippen LogP contribution in [0.15, 0.2) is 177 Å². The van der Waals surface area contributed by atoms with Gasteiger partial charge in [0.15, 0.2) is 0 Å². The summed E-state index contributed by atoms with van der Waals surface area (Å²) in [6.45, 7) is -0.0762.